The molecular formula is C19H38IN5O2. The molecule has 1 aliphatic carbocycles. The number of amides is 1. The Balaban J connectivity index is 0.00000364. The number of hydrogen-bond donors (Lipinski definition) is 4. The molecule has 158 valence electrons. The summed E-state index contributed by atoms with van der Waals surface area (Å²) in [5.74, 6) is 0.830. The molecule has 2 aliphatic rings. The molecule has 2 rings (SSSR count). The average molecular weight is 495 g/mol. The van der Waals surface area contributed by atoms with Gasteiger partial charge in [0.15, 0.2) is 5.96 Å². The number of hydrogen-bond acceptors (Lipinski definition) is 4. The molecule has 0 aromatic heterocycles. The number of likely N-dealkylation sites (tertiary alicyclic amines) is 1. The highest BCUT2D eigenvalue weighted by Gasteiger charge is 2.22. The molecular weight excluding hydrogens is 457 g/mol. The van der Waals surface area contributed by atoms with Gasteiger partial charge in [0, 0.05) is 25.0 Å². The fourth-order valence-electron chi connectivity index (χ4n) is 3.81. The second kappa shape index (κ2) is 13.5. The van der Waals surface area contributed by atoms with Gasteiger partial charge >= 0.3 is 0 Å². The first-order valence-corrected chi connectivity index (χ1v) is 10.3. The van der Waals surface area contributed by atoms with E-state index in [2.05, 4.69) is 22.5 Å². The van der Waals surface area contributed by atoms with Crippen LogP contribution in [0.5, 0.6) is 0 Å². The lowest BCUT2D eigenvalue weighted by Crippen LogP contribution is -2.45. The minimum atomic E-state index is -0.144. The molecule has 1 aliphatic heterocycles. The van der Waals surface area contributed by atoms with E-state index in [0.717, 1.165) is 90.0 Å². The first kappa shape index (κ1) is 24.4. The summed E-state index contributed by atoms with van der Waals surface area (Å²) >= 11 is 0. The lowest BCUT2D eigenvalue weighted by molar-refractivity contribution is -0.123. The maximum absolute atomic E-state index is 11.2. The number of nitrogens with zero attached hydrogens (tertiary/aromatic N) is 2. The van der Waals surface area contributed by atoms with Crippen molar-refractivity contribution in [2.75, 3.05) is 32.7 Å². The summed E-state index contributed by atoms with van der Waals surface area (Å²) in [6.45, 7) is 6.80. The molecule has 0 radical (unpaired) electrons. The standard InChI is InChI=1S/C19H37N5O2.HI/c1-2-21-19(23-16-5-7-17(25)8-6-16)22-11-3-4-12-24-13-9-15(10-14-24)18(20)26;/h15-17,25H,2-14H2,1H3,(H2,20,26)(H2,21,22,23);1H. The van der Waals surface area contributed by atoms with Crippen molar-refractivity contribution in [2.24, 2.45) is 16.6 Å². The number of halogens is 1. The quantitative estimate of drug-likeness (QED) is 0.177. The van der Waals surface area contributed by atoms with Crippen LogP contribution in [0.25, 0.3) is 0 Å². The molecule has 0 unspecified atom stereocenters. The highest BCUT2D eigenvalue weighted by atomic mass is 127. The van der Waals surface area contributed by atoms with Gasteiger partial charge in [0.1, 0.15) is 0 Å². The van der Waals surface area contributed by atoms with E-state index in [1.807, 2.05) is 0 Å². The van der Waals surface area contributed by atoms with E-state index in [9.17, 15) is 9.90 Å². The number of piperidine rings is 1. The molecule has 8 heteroatoms. The second-order valence-corrected chi connectivity index (χ2v) is 7.64. The lowest BCUT2D eigenvalue weighted by Gasteiger charge is -2.30. The minimum absolute atomic E-state index is 0. The molecule has 7 nitrogen and oxygen atoms in total. The van der Waals surface area contributed by atoms with Crippen LogP contribution >= 0.6 is 24.0 Å². The van der Waals surface area contributed by atoms with Crippen molar-refractivity contribution in [3.05, 3.63) is 0 Å². The van der Waals surface area contributed by atoms with Crippen molar-refractivity contribution in [1.82, 2.24) is 15.5 Å². The molecule has 0 aromatic carbocycles. The Kier molecular flexibility index (Phi) is 12.3. The first-order valence-electron chi connectivity index (χ1n) is 10.3. The van der Waals surface area contributed by atoms with Gasteiger partial charge in [-0.15, -0.1) is 24.0 Å². The molecule has 0 bridgehead atoms. The van der Waals surface area contributed by atoms with Crippen LogP contribution in [0.4, 0.5) is 0 Å². The van der Waals surface area contributed by atoms with Gasteiger partial charge in [0.25, 0.3) is 0 Å². The lowest BCUT2D eigenvalue weighted by atomic mass is 9.93. The highest BCUT2D eigenvalue weighted by Crippen LogP contribution is 2.18. The molecule has 0 aromatic rings. The van der Waals surface area contributed by atoms with Crippen LogP contribution in [0.3, 0.4) is 0 Å². The maximum atomic E-state index is 11.2. The fraction of sp³-hybridized carbons (Fsp3) is 0.895. The van der Waals surface area contributed by atoms with Crippen LogP contribution in [0, 0.1) is 5.92 Å². The van der Waals surface area contributed by atoms with E-state index in [4.69, 9.17) is 10.7 Å². The number of primary amides is 1. The summed E-state index contributed by atoms with van der Waals surface area (Å²) < 4.78 is 0. The predicted octanol–water partition coefficient (Wildman–Crippen LogP) is 1.44. The maximum Gasteiger partial charge on any atom is 0.220 e. The van der Waals surface area contributed by atoms with Crippen molar-refractivity contribution >= 4 is 35.8 Å². The zero-order valence-electron chi connectivity index (χ0n) is 16.7. The number of nitrogens with one attached hydrogen (secondary N) is 2. The van der Waals surface area contributed by atoms with E-state index < -0.39 is 0 Å². The number of nitrogens with two attached hydrogens (primary N) is 1. The number of aliphatic hydroxyl groups is 1. The summed E-state index contributed by atoms with van der Waals surface area (Å²) in [6, 6.07) is 0.419. The van der Waals surface area contributed by atoms with E-state index in [1.165, 1.54) is 0 Å². The number of rotatable bonds is 8. The highest BCUT2D eigenvalue weighted by molar-refractivity contribution is 14.0. The normalized spacial score (nSPS) is 24.9. The van der Waals surface area contributed by atoms with Gasteiger partial charge < -0.3 is 26.4 Å². The van der Waals surface area contributed by atoms with E-state index in [0.29, 0.717) is 6.04 Å². The largest absolute Gasteiger partial charge is 0.393 e. The Labute approximate surface area is 180 Å². The Morgan fingerprint density at radius 1 is 1.15 bits per heavy atom. The molecule has 1 heterocycles. The molecule has 2 fully saturated rings. The minimum Gasteiger partial charge on any atom is -0.393 e. The summed E-state index contributed by atoms with van der Waals surface area (Å²) in [5, 5.41) is 16.4. The average Bonchev–Trinajstić information content (AvgIpc) is 2.64. The van der Waals surface area contributed by atoms with Gasteiger partial charge in [-0.25, -0.2) is 0 Å². The second-order valence-electron chi connectivity index (χ2n) is 7.64. The molecule has 0 atom stereocenters. The zero-order valence-corrected chi connectivity index (χ0v) is 19.0. The van der Waals surface area contributed by atoms with Gasteiger partial charge in [-0.05, 0) is 77.9 Å². The molecule has 1 amide bonds. The Bertz CT molecular complexity index is 447. The number of aliphatic hydroxyl groups excluding tert-OH is 1. The fourth-order valence-corrected chi connectivity index (χ4v) is 3.81. The number of unbranched alkanes of at least 4 members (excludes halogenated alkanes) is 1. The third-order valence-corrected chi connectivity index (χ3v) is 5.52. The van der Waals surface area contributed by atoms with Gasteiger partial charge in [0.2, 0.25) is 5.91 Å². The predicted molar refractivity (Wildman–Crippen MR) is 120 cm³/mol. The molecule has 5 N–H and O–H groups in total. The van der Waals surface area contributed by atoms with Crippen molar-refractivity contribution in [1.29, 1.82) is 0 Å². The number of guanidine groups is 1. The Morgan fingerprint density at radius 2 is 1.81 bits per heavy atom. The van der Waals surface area contributed by atoms with Crippen molar-refractivity contribution in [3.63, 3.8) is 0 Å². The van der Waals surface area contributed by atoms with Crippen molar-refractivity contribution < 1.29 is 9.90 Å². The smallest absolute Gasteiger partial charge is 0.220 e. The number of carbonyl (C=O) groups is 1. The zero-order chi connectivity index (χ0) is 18.8. The summed E-state index contributed by atoms with van der Waals surface area (Å²) in [5.41, 5.74) is 5.38. The first-order chi connectivity index (χ1) is 12.6. The third kappa shape index (κ3) is 9.43. The van der Waals surface area contributed by atoms with E-state index in [1.54, 1.807) is 0 Å². The van der Waals surface area contributed by atoms with Crippen LogP contribution in [0.2, 0.25) is 0 Å². The van der Waals surface area contributed by atoms with Crippen molar-refractivity contribution in [2.45, 2.75) is 70.4 Å². The molecule has 1 saturated heterocycles. The van der Waals surface area contributed by atoms with Gasteiger partial charge in [-0.3, -0.25) is 9.79 Å². The third-order valence-electron chi connectivity index (χ3n) is 5.52. The topological polar surface area (TPSA) is 103 Å². The SMILES string of the molecule is CCNC(=NCCCCN1CCC(C(N)=O)CC1)NC1CCC(O)CC1.I. The Hall–Kier alpha value is -0.610. The van der Waals surface area contributed by atoms with Crippen LogP contribution in [0.15, 0.2) is 4.99 Å². The van der Waals surface area contributed by atoms with E-state index >= 15 is 0 Å². The van der Waals surface area contributed by atoms with Crippen molar-refractivity contribution in [3.8, 4) is 0 Å². The van der Waals surface area contributed by atoms with E-state index in [-0.39, 0.29) is 41.9 Å². The van der Waals surface area contributed by atoms with Crippen LogP contribution in [-0.2, 0) is 4.79 Å². The Morgan fingerprint density at radius 3 is 2.41 bits per heavy atom. The van der Waals surface area contributed by atoms with Gasteiger partial charge in [-0.1, -0.05) is 0 Å². The summed E-state index contributed by atoms with van der Waals surface area (Å²) in [6.07, 6.45) is 7.64. The monoisotopic (exact) mass is 495 g/mol. The number of carbonyl (C=O) groups excluding carboxylic acids is 1. The summed E-state index contributed by atoms with van der Waals surface area (Å²) in [7, 11) is 0. The number of aliphatic imine (C=N–C) groups is 1. The molecule has 0 spiro atoms. The van der Waals surface area contributed by atoms with Crippen LogP contribution in [-0.4, -0.2) is 66.7 Å². The van der Waals surface area contributed by atoms with Gasteiger partial charge in [-0.2, -0.15) is 0 Å². The van der Waals surface area contributed by atoms with Crippen LogP contribution < -0.4 is 16.4 Å². The van der Waals surface area contributed by atoms with Crippen LogP contribution in [0.1, 0.15) is 58.3 Å². The van der Waals surface area contributed by atoms with Gasteiger partial charge in [0.05, 0.1) is 6.10 Å². The molecule has 1 saturated carbocycles. The molecule has 27 heavy (non-hydrogen) atoms. The summed E-state index contributed by atoms with van der Waals surface area (Å²) in [4.78, 5) is 18.3.